The molecule has 0 aliphatic rings. The molecule has 0 heterocycles. The molecule has 3 rings (SSSR count). The maximum atomic E-state index is 12.5. The summed E-state index contributed by atoms with van der Waals surface area (Å²) in [4.78, 5) is 36.2. The lowest BCUT2D eigenvalue weighted by Crippen LogP contribution is -2.19. The van der Waals surface area contributed by atoms with Gasteiger partial charge in [0, 0.05) is 35.4 Å². The van der Waals surface area contributed by atoms with Gasteiger partial charge in [-0.1, -0.05) is 24.3 Å². The van der Waals surface area contributed by atoms with E-state index in [4.69, 9.17) is 4.74 Å². The first-order chi connectivity index (χ1) is 15.0. The summed E-state index contributed by atoms with van der Waals surface area (Å²) in [6, 6.07) is 22.0. The van der Waals surface area contributed by atoms with Crippen LogP contribution in [0.3, 0.4) is 0 Å². The molecule has 0 aliphatic carbocycles. The van der Waals surface area contributed by atoms with E-state index >= 15 is 0 Å². The maximum absolute atomic E-state index is 12.5. The van der Waals surface area contributed by atoms with E-state index in [2.05, 4.69) is 21.3 Å². The standard InChI is InChI=1S/C23H22N4O4/c1-31-15-21(28)24-19-8-5-9-20(14-19)25-22(29)16-10-12-18(13-11-16)27-23(30)26-17-6-3-2-4-7-17/h2-14H,15H2,1H3,(H,24,28)(H,25,29)(H2,26,27,30). The highest BCUT2D eigenvalue weighted by molar-refractivity contribution is 6.05. The molecule has 0 radical (unpaired) electrons. The lowest BCUT2D eigenvalue weighted by molar-refractivity contribution is -0.119. The van der Waals surface area contributed by atoms with Crippen molar-refractivity contribution in [1.82, 2.24) is 0 Å². The van der Waals surface area contributed by atoms with Gasteiger partial charge in [-0.2, -0.15) is 0 Å². The van der Waals surface area contributed by atoms with Crippen LogP contribution in [0.4, 0.5) is 27.5 Å². The molecule has 0 fully saturated rings. The van der Waals surface area contributed by atoms with Crippen molar-refractivity contribution in [2.75, 3.05) is 35.0 Å². The third-order valence-corrected chi connectivity index (χ3v) is 4.12. The maximum Gasteiger partial charge on any atom is 0.323 e. The molecule has 4 amide bonds. The molecule has 0 bridgehead atoms. The number of ether oxygens (including phenoxy) is 1. The molecule has 8 heteroatoms. The van der Waals surface area contributed by atoms with Crippen molar-refractivity contribution < 1.29 is 19.1 Å². The summed E-state index contributed by atoms with van der Waals surface area (Å²) in [6.45, 7) is -0.0552. The van der Waals surface area contributed by atoms with Crippen LogP contribution in [0.25, 0.3) is 0 Å². The van der Waals surface area contributed by atoms with E-state index in [1.807, 2.05) is 18.2 Å². The second kappa shape index (κ2) is 10.6. The highest BCUT2D eigenvalue weighted by Gasteiger charge is 2.09. The van der Waals surface area contributed by atoms with E-state index in [1.165, 1.54) is 7.11 Å². The van der Waals surface area contributed by atoms with Crippen molar-refractivity contribution in [3.05, 3.63) is 84.4 Å². The molecule has 0 aliphatic heterocycles. The number of carbonyl (C=O) groups excluding carboxylic acids is 3. The van der Waals surface area contributed by atoms with E-state index in [0.717, 1.165) is 0 Å². The van der Waals surface area contributed by atoms with Gasteiger partial charge in [0.15, 0.2) is 0 Å². The number of benzene rings is 3. The van der Waals surface area contributed by atoms with Gasteiger partial charge in [-0.25, -0.2) is 4.79 Å². The van der Waals surface area contributed by atoms with Crippen LogP contribution < -0.4 is 21.3 Å². The van der Waals surface area contributed by atoms with Crippen molar-refractivity contribution in [3.8, 4) is 0 Å². The third kappa shape index (κ3) is 6.69. The summed E-state index contributed by atoms with van der Waals surface area (Å²) in [6.07, 6.45) is 0. The van der Waals surface area contributed by atoms with Crippen LogP contribution >= 0.6 is 0 Å². The number of para-hydroxylation sites is 1. The highest BCUT2D eigenvalue weighted by Crippen LogP contribution is 2.17. The summed E-state index contributed by atoms with van der Waals surface area (Å²) in [5.74, 6) is -0.606. The Morgan fingerprint density at radius 2 is 1.26 bits per heavy atom. The van der Waals surface area contributed by atoms with E-state index in [9.17, 15) is 14.4 Å². The fourth-order valence-electron chi connectivity index (χ4n) is 2.73. The Hall–Kier alpha value is -4.17. The quantitative estimate of drug-likeness (QED) is 0.462. The normalized spacial score (nSPS) is 10.1. The van der Waals surface area contributed by atoms with Crippen LogP contribution in [0.15, 0.2) is 78.9 Å². The largest absolute Gasteiger partial charge is 0.375 e. The summed E-state index contributed by atoms with van der Waals surface area (Å²) < 4.78 is 4.78. The third-order valence-electron chi connectivity index (χ3n) is 4.12. The molecule has 0 atom stereocenters. The minimum Gasteiger partial charge on any atom is -0.375 e. The molecule has 3 aromatic carbocycles. The number of rotatable bonds is 7. The van der Waals surface area contributed by atoms with Gasteiger partial charge >= 0.3 is 6.03 Å². The molecule has 31 heavy (non-hydrogen) atoms. The number of amides is 4. The average Bonchev–Trinajstić information content (AvgIpc) is 2.75. The van der Waals surface area contributed by atoms with E-state index < -0.39 is 0 Å². The fourth-order valence-corrected chi connectivity index (χ4v) is 2.73. The average molecular weight is 418 g/mol. The SMILES string of the molecule is COCC(=O)Nc1cccc(NC(=O)c2ccc(NC(=O)Nc3ccccc3)cc2)c1. The minimum absolute atomic E-state index is 0.0552. The Morgan fingerprint density at radius 1 is 0.677 bits per heavy atom. The number of hydrogen-bond acceptors (Lipinski definition) is 4. The van der Waals surface area contributed by atoms with Gasteiger partial charge in [0.1, 0.15) is 6.61 Å². The van der Waals surface area contributed by atoms with Crippen molar-refractivity contribution in [1.29, 1.82) is 0 Å². The van der Waals surface area contributed by atoms with E-state index in [1.54, 1.807) is 60.7 Å². The monoisotopic (exact) mass is 418 g/mol. The van der Waals surface area contributed by atoms with Crippen LogP contribution in [0.1, 0.15) is 10.4 Å². The Bertz CT molecular complexity index is 1050. The van der Waals surface area contributed by atoms with Crippen LogP contribution in [-0.4, -0.2) is 31.6 Å². The molecular formula is C23H22N4O4. The topological polar surface area (TPSA) is 109 Å². The van der Waals surface area contributed by atoms with Gasteiger partial charge in [0.2, 0.25) is 5.91 Å². The van der Waals surface area contributed by atoms with Gasteiger partial charge in [0.05, 0.1) is 0 Å². The Kier molecular flexibility index (Phi) is 7.34. The van der Waals surface area contributed by atoms with Gasteiger partial charge in [-0.05, 0) is 54.6 Å². The predicted molar refractivity (Wildman–Crippen MR) is 120 cm³/mol. The van der Waals surface area contributed by atoms with E-state index in [-0.39, 0.29) is 24.5 Å². The fraction of sp³-hybridized carbons (Fsp3) is 0.0870. The number of anilines is 4. The minimum atomic E-state index is -0.379. The molecule has 0 spiro atoms. The first kappa shape index (κ1) is 21.5. The highest BCUT2D eigenvalue weighted by atomic mass is 16.5. The second-order valence-corrected chi connectivity index (χ2v) is 6.54. The van der Waals surface area contributed by atoms with Crippen molar-refractivity contribution in [2.24, 2.45) is 0 Å². The number of urea groups is 1. The lowest BCUT2D eigenvalue weighted by Gasteiger charge is -2.10. The number of hydrogen-bond donors (Lipinski definition) is 4. The number of nitrogens with one attached hydrogen (secondary N) is 4. The zero-order valence-electron chi connectivity index (χ0n) is 16.8. The Morgan fingerprint density at radius 3 is 1.90 bits per heavy atom. The number of carbonyl (C=O) groups is 3. The summed E-state index contributed by atoms with van der Waals surface area (Å²) in [5.41, 5.74) is 2.72. The summed E-state index contributed by atoms with van der Waals surface area (Å²) >= 11 is 0. The zero-order valence-corrected chi connectivity index (χ0v) is 16.8. The van der Waals surface area contributed by atoms with Crippen molar-refractivity contribution >= 4 is 40.6 Å². The molecule has 0 aromatic heterocycles. The summed E-state index contributed by atoms with van der Waals surface area (Å²) in [7, 11) is 1.44. The molecule has 0 unspecified atom stereocenters. The molecule has 4 N–H and O–H groups in total. The lowest BCUT2D eigenvalue weighted by atomic mass is 10.2. The zero-order chi connectivity index (χ0) is 22.1. The van der Waals surface area contributed by atoms with E-state index in [0.29, 0.717) is 28.3 Å². The van der Waals surface area contributed by atoms with Gasteiger partial charge in [0.25, 0.3) is 5.91 Å². The van der Waals surface area contributed by atoms with Crippen molar-refractivity contribution in [3.63, 3.8) is 0 Å². The molecule has 3 aromatic rings. The van der Waals surface area contributed by atoms with Gasteiger partial charge in [-0.15, -0.1) is 0 Å². The smallest absolute Gasteiger partial charge is 0.323 e. The Balaban J connectivity index is 1.56. The van der Waals surface area contributed by atoms with Crippen LogP contribution in [-0.2, 0) is 9.53 Å². The van der Waals surface area contributed by atoms with Gasteiger partial charge in [-0.3, -0.25) is 9.59 Å². The van der Waals surface area contributed by atoms with Crippen molar-refractivity contribution in [2.45, 2.75) is 0 Å². The van der Waals surface area contributed by atoms with Crippen LogP contribution in [0.5, 0.6) is 0 Å². The number of methoxy groups -OCH3 is 1. The molecular weight excluding hydrogens is 396 g/mol. The molecule has 8 nitrogen and oxygen atoms in total. The van der Waals surface area contributed by atoms with Crippen LogP contribution in [0, 0.1) is 0 Å². The second-order valence-electron chi connectivity index (χ2n) is 6.54. The molecule has 0 saturated heterocycles. The predicted octanol–water partition coefficient (Wildman–Crippen LogP) is 4.17. The Labute approximate surface area is 179 Å². The first-order valence-corrected chi connectivity index (χ1v) is 9.47. The first-order valence-electron chi connectivity index (χ1n) is 9.47. The van der Waals surface area contributed by atoms with Gasteiger partial charge < -0.3 is 26.0 Å². The molecule has 158 valence electrons. The van der Waals surface area contributed by atoms with Crippen LogP contribution in [0.2, 0.25) is 0 Å². The summed E-state index contributed by atoms with van der Waals surface area (Å²) in [5, 5.41) is 10.9. The molecule has 0 saturated carbocycles.